The highest BCUT2D eigenvalue weighted by atomic mass is 35.5. The lowest BCUT2D eigenvalue weighted by atomic mass is 10.1. The molecule has 2 aromatic carbocycles. The van der Waals surface area contributed by atoms with Gasteiger partial charge in [-0.15, -0.1) is 0 Å². The lowest BCUT2D eigenvalue weighted by Crippen LogP contribution is -2.22. The standard InChI is InChI=1S/C18H19ClO5S/c1-11-9-12(2)17(13(3)10-11)25(21,22)24-16(18(20)23-4)14-7-5-6-8-15(14)19/h5-10,16H,1-4H3/t16-/m1/s1. The minimum atomic E-state index is -4.22. The molecule has 134 valence electrons. The van der Waals surface area contributed by atoms with Crippen molar-refractivity contribution in [1.82, 2.24) is 0 Å². The Kier molecular flexibility index (Phi) is 5.87. The molecular weight excluding hydrogens is 364 g/mol. The first kappa shape index (κ1) is 19.4. The molecule has 0 aliphatic rings. The summed E-state index contributed by atoms with van der Waals surface area (Å²) in [6, 6.07) is 9.86. The van der Waals surface area contributed by atoms with Crippen LogP contribution in [-0.4, -0.2) is 21.5 Å². The minimum Gasteiger partial charge on any atom is -0.467 e. The molecule has 0 heterocycles. The first-order chi connectivity index (χ1) is 11.7. The summed E-state index contributed by atoms with van der Waals surface area (Å²) in [7, 11) is -3.06. The van der Waals surface area contributed by atoms with E-state index in [4.69, 9.17) is 20.5 Å². The molecule has 0 N–H and O–H groups in total. The van der Waals surface area contributed by atoms with E-state index in [-0.39, 0.29) is 15.5 Å². The molecule has 0 aliphatic carbocycles. The van der Waals surface area contributed by atoms with Gasteiger partial charge in [0, 0.05) is 10.6 Å². The molecule has 0 saturated carbocycles. The molecule has 2 aromatic rings. The maximum atomic E-state index is 12.8. The summed E-state index contributed by atoms with van der Waals surface area (Å²) in [5.74, 6) is -0.848. The third kappa shape index (κ3) is 4.21. The third-order valence-corrected chi connectivity index (χ3v) is 5.61. The second-order valence-corrected chi connectivity index (χ2v) is 7.62. The topological polar surface area (TPSA) is 69.7 Å². The minimum absolute atomic E-state index is 0.0408. The number of esters is 1. The Morgan fingerprint density at radius 2 is 1.64 bits per heavy atom. The fourth-order valence-electron chi connectivity index (χ4n) is 2.75. The van der Waals surface area contributed by atoms with Crippen LogP contribution in [-0.2, 0) is 23.8 Å². The summed E-state index contributed by atoms with van der Waals surface area (Å²) in [6.07, 6.45) is -1.48. The highest BCUT2D eigenvalue weighted by Gasteiger charge is 2.33. The Morgan fingerprint density at radius 1 is 1.08 bits per heavy atom. The summed E-state index contributed by atoms with van der Waals surface area (Å²) in [4.78, 5) is 12.2. The highest BCUT2D eigenvalue weighted by molar-refractivity contribution is 7.86. The van der Waals surface area contributed by atoms with Crippen LogP contribution in [0.15, 0.2) is 41.3 Å². The molecule has 0 unspecified atom stereocenters. The molecule has 7 heteroatoms. The van der Waals surface area contributed by atoms with Crippen molar-refractivity contribution >= 4 is 27.7 Å². The van der Waals surface area contributed by atoms with Crippen LogP contribution in [0.4, 0.5) is 0 Å². The molecule has 1 atom stereocenters. The molecule has 0 fully saturated rings. The highest BCUT2D eigenvalue weighted by Crippen LogP contribution is 2.32. The van der Waals surface area contributed by atoms with Gasteiger partial charge in [0.25, 0.3) is 10.1 Å². The quantitative estimate of drug-likeness (QED) is 0.579. The Balaban J connectivity index is 2.52. The molecule has 0 saturated heterocycles. The largest absolute Gasteiger partial charge is 0.467 e. The number of carbonyl (C=O) groups excluding carboxylic acids is 1. The normalized spacial score (nSPS) is 12.7. The zero-order valence-electron chi connectivity index (χ0n) is 14.4. The van der Waals surface area contributed by atoms with Gasteiger partial charge in [-0.05, 0) is 38.0 Å². The zero-order chi connectivity index (χ0) is 18.8. The molecule has 25 heavy (non-hydrogen) atoms. The maximum absolute atomic E-state index is 12.8. The van der Waals surface area contributed by atoms with E-state index in [9.17, 15) is 13.2 Å². The smallest absolute Gasteiger partial charge is 0.341 e. The van der Waals surface area contributed by atoms with Gasteiger partial charge in [0.1, 0.15) is 0 Å². The summed E-state index contributed by atoms with van der Waals surface area (Å²) in [5, 5.41) is 0.213. The molecule has 0 aliphatic heterocycles. The molecule has 0 spiro atoms. The molecule has 0 radical (unpaired) electrons. The first-order valence-corrected chi connectivity index (χ1v) is 9.29. The Bertz CT molecular complexity index is 882. The van der Waals surface area contributed by atoms with Gasteiger partial charge in [-0.3, -0.25) is 0 Å². The van der Waals surface area contributed by atoms with Crippen molar-refractivity contribution in [2.45, 2.75) is 31.8 Å². The lowest BCUT2D eigenvalue weighted by Gasteiger charge is -2.19. The number of hydrogen-bond acceptors (Lipinski definition) is 5. The van der Waals surface area contributed by atoms with Crippen LogP contribution in [0.5, 0.6) is 0 Å². The van der Waals surface area contributed by atoms with E-state index in [1.54, 1.807) is 44.2 Å². The average molecular weight is 383 g/mol. The van der Waals surface area contributed by atoms with Gasteiger partial charge in [-0.1, -0.05) is 47.5 Å². The van der Waals surface area contributed by atoms with E-state index in [1.165, 1.54) is 6.07 Å². The van der Waals surface area contributed by atoms with Gasteiger partial charge in [0.05, 0.1) is 12.0 Å². The number of ether oxygens (including phenoxy) is 1. The van der Waals surface area contributed by atoms with Crippen molar-refractivity contribution in [2.24, 2.45) is 0 Å². The Hall–Kier alpha value is -1.89. The Labute approximate surface area is 152 Å². The summed E-state index contributed by atoms with van der Waals surface area (Å²) in [5.41, 5.74) is 2.24. The number of benzene rings is 2. The predicted octanol–water partition coefficient (Wildman–Crippen LogP) is 3.88. The zero-order valence-corrected chi connectivity index (χ0v) is 15.9. The van der Waals surface area contributed by atoms with Gasteiger partial charge in [0.15, 0.2) is 0 Å². The number of aryl methyl sites for hydroxylation is 3. The van der Waals surface area contributed by atoms with Gasteiger partial charge >= 0.3 is 5.97 Å². The monoisotopic (exact) mass is 382 g/mol. The van der Waals surface area contributed by atoms with Crippen LogP contribution in [0.3, 0.4) is 0 Å². The third-order valence-electron chi connectivity index (χ3n) is 3.68. The van der Waals surface area contributed by atoms with Crippen LogP contribution >= 0.6 is 11.6 Å². The second-order valence-electron chi connectivity index (χ2n) is 5.70. The number of halogens is 1. The molecule has 2 rings (SSSR count). The maximum Gasteiger partial charge on any atom is 0.341 e. The fourth-order valence-corrected chi connectivity index (χ4v) is 4.42. The number of rotatable bonds is 5. The van der Waals surface area contributed by atoms with E-state index in [0.717, 1.165) is 12.7 Å². The van der Waals surface area contributed by atoms with Crippen LogP contribution in [0.2, 0.25) is 5.02 Å². The van der Waals surface area contributed by atoms with Gasteiger partial charge in [-0.25, -0.2) is 8.98 Å². The second kappa shape index (κ2) is 7.56. The van der Waals surface area contributed by atoms with Crippen molar-refractivity contribution in [3.63, 3.8) is 0 Å². The van der Waals surface area contributed by atoms with Crippen molar-refractivity contribution in [1.29, 1.82) is 0 Å². The number of hydrogen-bond donors (Lipinski definition) is 0. The Morgan fingerprint density at radius 3 is 2.16 bits per heavy atom. The SMILES string of the molecule is COC(=O)[C@H](OS(=O)(=O)c1c(C)cc(C)cc1C)c1ccccc1Cl. The summed E-state index contributed by atoms with van der Waals surface area (Å²) >= 11 is 6.10. The molecular formula is C18H19ClO5S. The first-order valence-electron chi connectivity index (χ1n) is 7.50. The number of methoxy groups -OCH3 is 1. The molecule has 0 amide bonds. The van der Waals surface area contributed by atoms with Gasteiger partial charge in [-0.2, -0.15) is 8.42 Å². The van der Waals surface area contributed by atoms with Gasteiger partial charge < -0.3 is 4.74 Å². The van der Waals surface area contributed by atoms with Crippen molar-refractivity contribution in [3.05, 3.63) is 63.7 Å². The van der Waals surface area contributed by atoms with E-state index in [2.05, 4.69) is 0 Å². The van der Waals surface area contributed by atoms with E-state index in [1.807, 2.05) is 6.92 Å². The molecule has 0 bridgehead atoms. The van der Waals surface area contributed by atoms with Crippen molar-refractivity contribution in [3.8, 4) is 0 Å². The van der Waals surface area contributed by atoms with E-state index >= 15 is 0 Å². The lowest BCUT2D eigenvalue weighted by molar-refractivity contribution is -0.149. The fraction of sp³-hybridized carbons (Fsp3) is 0.278. The van der Waals surface area contributed by atoms with Gasteiger partial charge in [0.2, 0.25) is 6.10 Å². The van der Waals surface area contributed by atoms with Crippen molar-refractivity contribution < 1.29 is 22.1 Å². The molecule has 0 aromatic heterocycles. The predicted molar refractivity (Wildman–Crippen MR) is 95.1 cm³/mol. The van der Waals surface area contributed by atoms with E-state index in [0.29, 0.717) is 11.1 Å². The van der Waals surface area contributed by atoms with E-state index < -0.39 is 22.2 Å². The van der Waals surface area contributed by atoms with Crippen LogP contribution in [0.25, 0.3) is 0 Å². The van der Waals surface area contributed by atoms with Crippen LogP contribution in [0.1, 0.15) is 28.4 Å². The number of carbonyl (C=O) groups is 1. The van der Waals surface area contributed by atoms with Crippen molar-refractivity contribution in [2.75, 3.05) is 7.11 Å². The van der Waals surface area contributed by atoms with Crippen LogP contribution in [0, 0.1) is 20.8 Å². The molecule has 5 nitrogen and oxygen atoms in total. The van der Waals surface area contributed by atoms with Crippen LogP contribution < -0.4 is 0 Å². The summed E-state index contributed by atoms with van der Waals surface area (Å²) < 4.78 is 35.6. The average Bonchev–Trinajstić information content (AvgIpc) is 2.51. The summed E-state index contributed by atoms with van der Waals surface area (Å²) in [6.45, 7) is 5.23.